The van der Waals surface area contributed by atoms with E-state index in [0.29, 0.717) is 35.0 Å². The SMILES string of the molecule is Cc1ncncc1C(=O)NCc1ccc2oc(-c3ccccn3)nc2c1. The van der Waals surface area contributed by atoms with E-state index in [1.807, 2.05) is 36.4 Å². The summed E-state index contributed by atoms with van der Waals surface area (Å²) >= 11 is 0. The van der Waals surface area contributed by atoms with E-state index in [9.17, 15) is 4.79 Å². The molecular formula is C19H15N5O2. The van der Waals surface area contributed by atoms with Crippen molar-refractivity contribution in [1.29, 1.82) is 0 Å². The fourth-order valence-corrected chi connectivity index (χ4v) is 2.57. The molecule has 0 radical (unpaired) electrons. The average Bonchev–Trinajstić information content (AvgIpc) is 3.10. The maximum Gasteiger partial charge on any atom is 0.254 e. The van der Waals surface area contributed by atoms with Gasteiger partial charge in [-0.1, -0.05) is 12.1 Å². The molecule has 0 fully saturated rings. The lowest BCUT2D eigenvalue weighted by Crippen LogP contribution is -2.24. The van der Waals surface area contributed by atoms with Gasteiger partial charge in [0.2, 0.25) is 5.89 Å². The minimum Gasteiger partial charge on any atom is -0.435 e. The van der Waals surface area contributed by atoms with Crippen LogP contribution in [0, 0.1) is 6.92 Å². The van der Waals surface area contributed by atoms with Crippen molar-refractivity contribution in [2.24, 2.45) is 0 Å². The minimum absolute atomic E-state index is 0.211. The molecule has 7 nitrogen and oxygen atoms in total. The van der Waals surface area contributed by atoms with Crippen molar-refractivity contribution in [2.45, 2.75) is 13.5 Å². The van der Waals surface area contributed by atoms with E-state index in [2.05, 4.69) is 25.3 Å². The van der Waals surface area contributed by atoms with Crippen LogP contribution in [0.25, 0.3) is 22.7 Å². The van der Waals surface area contributed by atoms with Gasteiger partial charge in [0.15, 0.2) is 5.58 Å². The summed E-state index contributed by atoms with van der Waals surface area (Å²) in [6.45, 7) is 2.14. The van der Waals surface area contributed by atoms with Crippen molar-refractivity contribution in [3.05, 3.63) is 71.9 Å². The summed E-state index contributed by atoms with van der Waals surface area (Å²) in [6.07, 6.45) is 4.63. The third-order valence-electron chi connectivity index (χ3n) is 3.95. The molecule has 4 aromatic rings. The van der Waals surface area contributed by atoms with Crippen molar-refractivity contribution in [3.63, 3.8) is 0 Å². The Morgan fingerprint density at radius 3 is 2.92 bits per heavy atom. The number of hydrogen-bond donors (Lipinski definition) is 1. The first-order chi connectivity index (χ1) is 12.7. The van der Waals surface area contributed by atoms with Crippen LogP contribution in [0.5, 0.6) is 0 Å². The second-order valence-electron chi connectivity index (χ2n) is 5.74. The van der Waals surface area contributed by atoms with E-state index in [-0.39, 0.29) is 5.91 Å². The summed E-state index contributed by atoms with van der Waals surface area (Å²) in [7, 11) is 0. The molecule has 4 rings (SSSR count). The van der Waals surface area contributed by atoms with Crippen LogP contribution < -0.4 is 5.32 Å². The molecule has 1 aromatic carbocycles. The van der Waals surface area contributed by atoms with Crippen LogP contribution in [0.2, 0.25) is 0 Å². The molecule has 0 atom stereocenters. The highest BCUT2D eigenvalue weighted by atomic mass is 16.3. The smallest absolute Gasteiger partial charge is 0.254 e. The molecule has 3 aromatic heterocycles. The van der Waals surface area contributed by atoms with Crippen molar-refractivity contribution in [2.75, 3.05) is 0 Å². The summed E-state index contributed by atoms with van der Waals surface area (Å²) in [5, 5.41) is 2.87. The van der Waals surface area contributed by atoms with Gasteiger partial charge < -0.3 is 9.73 Å². The molecule has 1 amide bonds. The van der Waals surface area contributed by atoms with Crippen LogP contribution in [0.3, 0.4) is 0 Å². The first-order valence-electron chi connectivity index (χ1n) is 8.06. The highest BCUT2D eigenvalue weighted by Crippen LogP contribution is 2.23. The highest BCUT2D eigenvalue weighted by molar-refractivity contribution is 5.94. The Morgan fingerprint density at radius 1 is 1.19 bits per heavy atom. The predicted molar refractivity (Wildman–Crippen MR) is 95.2 cm³/mol. The standard InChI is InChI=1S/C19H15N5O2/c1-12-14(10-20-11-23-12)18(25)22-9-13-5-6-17-16(8-13)24-19(26-17)15-4-2-3-7-21-15/h2-8,10-11H,9H2,1H3,(H,22,25). The Morgan fingerprint density at radius 2 is 2.12 bits per heavy atom. The van der Waals surface area contributed by atoms with Gasteiger partial charge in [-0.2, -0.15) is 0 Å². The normalized spacial score (nSPS) is 10.8. The lowest BCUT2D eigenvalue weighted by atomic mass is 10.2. The number of pyridine rings is 1. The molecule has 0 saturated carbocycles. The second-order valence-corrected chi connectivity index (χ2v) is 5.74. The number of carbonyl (C=O) groups is 1. The summed E-state index contributed by atoms with van der Waals surface area (Å²) in [5.74, 6) is 0.261. The quantitative estimate of drug-likeness (QED) is 0.611. The molecule has 1 N–H and O–H groups in total. The maximum absolute atomic E-state index is 12.3. The molecule has 0 bridgehead atoms. The molecule has 3 heterocycles. The molecule has 26 heavy (non-hydrogen) atoms. The van der Waals surface area contributed by atoms with Gasteiger partial charge in [0.05, 0.1) is 11.3 Å². The van der Waals surface area contributed by atoms with Crippen molar-refractivity contribution in [3.8, 4) is 11.6 Å². The Balaban J connectivity index is 1.53. The van der Waals surface area contributed by atoms with Gasteiger partial charge in [-0.15, -0.1) is 0 Å². The summed E-state index contributed by atoms with van der Waals surface area (Å²) < 4.78 is 5.74. The molecule has 0 unspecified atom stereocenters. The first kappa shape index (κ1) is 15.9. The number of nitrogens with zero attached hydrogens (tertiary/aromatic N) is 4. The van der Waals surface area contributed by atoms with Gasteiger partial charge in [0, 0.05) is 18.9 Å². The van der Waals surface area contributed by atoms with E-state index >= 15 is 0 Å². The zero-order chi connectivity index (χ0) is 17.9. The molecule has 0 aliphatic carbocycles. The Bertz CT molecular complexity index is 1080. The molecule has 0 spiro atoms. The summed E-state index contributed by atoms with van der Waals surface area (Å²) in [4.78, 5) is 28.9. The fraction of sp³-hybridized carbons (Fsp3) is 0.105. The van der Waals surface area contributed by atoms with E-state index < -0.39 is 0 Å². The van der Waals surface area contributed by atoms with Gasteiger partial charge in [-0.05, 0) is 36.8 Å². The number of aromatic nitrogens is 4. The number of oxazole rings is 1. The fourth-order valence-electron chi connectivity index (χ4n) is 2.57. The van der Waals surface area contributed by atoms with Gasteiger partial charge in [-0.3, -0.25) is 9.78 Å². The number of carbonyl (C=O) groups excluding carboxylic acids is 1. The van der Waals surface area contributed by atoms with E-state index in [4.69, 9.17) is 4.42 Å². The molecule has 0 aliphatic heterocycles. The number of rotatable bonds is 4. The van der Waals surface area contributed by atoms with Crippen LogP contribution in [0.4, 0.5) is 0 Å². The Kier molecular flexibility index (Phi) is 4.10. The monoisotopic (exact) mass is 345 g/mol. The Labute approximate surface area is 149 Å². The number of amides is 1. The molecule has 128 valence electrons. The predicted octanol–water partition coefficient (Wildman–Crippen LogP) is 2.92. The summed E-state index contributed by atoms with van der Waals surface area (Å²) in [5.41, 5.74) is 4.10. The highest BCUT2D eigenvalue weighted by Gasteiger charge is 2.12. The van der Waals surface area contributed by atoms with Gasteiger partial charge in [0.1, 0.15) is 17.5 Å². The number of fused-ring (bicyclic) bond motifs is 1. The lowest BCUT2D eigenvalue weighted by molar-refractivity contribution is 0.0949. The van der Waals surface area contributed by atoms with Gasteiger partial charge >= 0.3 is 0 Å². The first-order valence-corrected chi connectivity index (χ1v) is 8.06. The number of aryl methyl sites for hydroxylation is 1. The topological polar surface area (TPSA) is 93.8 Å². The zero-order valence-electron chi connectivity index (χ0n) is 14.0. The third-order valence-corrected chi connectivity index (χ3v) is 3.95. The number of hydrogen-bond acceptors (Lipinski definition) is 6. The van der Waals surface area contributed by atoms with E-state index in [1.165, 1.54) is 12.5 Å². The van der Waals surface area contributed by atoms with Crippen LogP contribution in [-0.4, -0.2) is 25.8 Å². The Hall–Kier alpha value is -3.61. The maximum atomic E-state index is 12.3. The number of nitrogens with one attached hydrogen (secondary N) is 1. The van der Waals surface area contributed by atoms with Gasteiger partial charge in [0.25, 0.3) is 5.91 Å². The molecular weight excluding hydrogens is 330 g/mol. The lowest BCUT2D eigenvalue weighted by Gasteiger charge is -2.06. The average molecular weight is 345 g/mol. The largest absolute Gasteiger partial charge is 0.435 e. The van der Waals surface area contributed by atoms with Crippen LogP contribution in [0.1, 0.15) is 21.6 Å². The second kappa shape index (κ2) is 6.72. The van der Waals surface area contributed by atoms with Gasteiger partial charge in [-0.25, -0.2) is 15.0 Å². The van der Waals surface area contributed by atoms with Crippen molar-refractivity contribution >= 4 is 17.0 Å². The van der Waals surface area contributed by atoms with E-state index in [1.54, 1.807) is 13.1 Å². The zero-order valence-corrected chi connectivity index (χ0v) is 14.0. The summed E-state index contributed by atoms with van der Waals surface area (Å²) in [6, 6.07) is 11.2. The van der Waals surface area contributed by atoms with Crippen LogP contribution in [-0.2, 0) is 6.54 Å². The van der Waals surface area contributed by atoms with Crippen LogP contribution in [0.15, 0.2) is 59.5 Å². The van der Waals surface area contributed by atoms with Crippen LogP contribution >= 0.6 is 0 Å². The minimum atomic E-state index is -0.211. The van der Waals surface area contributed by atoms with E-state index in [0.717, 1.165) is 11.1 Å². The van der Waals surface area contributed by atoms with Crippen molar-refractivity contribution < 1.29 is 9.21 Å². The third kappa shape index (κ3) is 3.14. The molecule has 0 aliphatic rings. The number of benzene rings is 1. The molecule has 0 saturated heterocycles. The molecule has 7 heteroatoms. The van der Waals surface area contributed by atoms with Crippen molar-refractivity contribution in [1.82, 2.24) is 25.3 Å².